The molecular formula is C14H18N2OS. The van der Waals surface area contributed by atoms with Crippen LogP contribution in [0.1, 0.15) is 25.7 Å². The maximum atomic E-state index is 10.3. The summed E-state index contributed by atoms with van der Waals surface area (Å²) in [5.41, 5.74) is 0. The molecule has 2 aromatic heterocycles. The van der Waals surface area contributed by atoms with Crippen molar-refractivity contribution in [3.63, 3.8) is 0 Å². The maximum Gasteiger partial charge on any atom is 0.150 e. The monoisotopic (exact) mass is 262 g/mol. The van der Waals surface area contributed by atoms with Crippen molar-refractivity contribution in [3.8, 4) is 10.7 Å². The van der Waals surface area contributed by atoms with Crippen LogP contribution in [0.25, 0.3) is 10.7 Å². The van der Waals surface area contributed by atoms with Gasteiger partial charge in [0.15, 0.2) is 0 Å². The Labute approximate surface area is 111 Å². The predicted octanol–water partition coefficient (Wildman–Crippen LogP) is 3.16. The molecule has 0 amide bonds. The standard InChI is InChI=1S/C14H18N2OS/c17-12(11-4-1-2-5-11)10-16-8-7-15-14(16)13-6-3-9-18-13/h3,6-9,11-12,17H,1-2,4-5,10H2. The van der Waals surface area contributed by atoms with Gasteiger partial charge in [-0.15, -0.1) is 11.3 Å². The predicted molar refractivity (Wildman–Crippen MR) is 73.5 cm³/mol. The molecule has 2 aromatic rings. The Morgan fingerprint density at radius 2 is 2.28 bits per heavy atom. The minimum atomic E-state index is -0.236. The summed E-state index contributed by atoms with van der Waals surface area (Å²) < 4.78 is 2.08. The number of aliphatic hydroxyl groups excluding tert-OH is 1. The van der Waals surface area contributed by atoms with Crippen LogP contribution >= 0.6 is 11.3 Å². The first kappa shape index (κ1) is 11.9. The molecule has 3 nitrogen and oxygen atoms in total. The van der Waals surface area contributed by atoms with Crippen LogP contribution in [-0.2, 0) is 6.54 Å². The fourth-order valence-electron chi connectivity index (χ4n) is 2.78. The lowest BCUT2D eigenvalue weighted by molar-refractivity contribution is 0.0935. The Balaban J connectivity index is 1.75. The van der Waals surface area contributed by atoms with Crippen LogP contribution in [0.15, 0.2) is 29.9 Å². The largest absolute Gasteiger partial charge is 0.391 e. The average molecular weight is 262 g/mol. The van der Waals surface area contributed by atoms with E-state index in [1.165, 1.54) is 30.6 Å². The molecule has 1 atom stereocenters. The fraction of sp³-hybridized carbons (Fsp3) is 0.500. The molecule has 96 valence electrons. The Bertz CT molecular complexity index is 486. The molecule has 1 N–H and O–H groups in total. The first-order valence-electron chi connectivity index (χ1n) is 6.57. The number of aliphatic hydroxyl groups is 1. The van der Waals surface area contributed by atoms with Crippen molar-refractivity contribution < 1.29 is 5.11 Å². The summed E-state index contributed by atoms with van der Waals surface area (Å²) in [7, 11) is 0. The van der Waals surface area contributed by atoms with Gasteiger partial charge in [-0.3, -0.25) is 0 Å². The minimum absolute atomic E-state index is 0.236. The van der Waals surface area contributed by atoms with Crippen molar-refractivity contribution in [2.45, 2.75) is 38.3 Å². The molecule has 18 heavy (non-hydrogen) atoms. The highest BCUT2D eigenvalue weighted by molar-refractivity contribution is 7.13. The van der Waals surface area contributed by atoms with E-state index in [0.717, 1.165) is 5.82 Å². The third kappa shape index (κ3) is 2.35. The van der Waals surface area contributed by atoms with Crippen molar-refractivity contribution in [3.05, 3.63) is 29.9 Å². The van der Waals surface area contributed by atoms with Gasteiger partial charge in [0.05, 0.1) is 17.5 Å². The van der Waals surface area contributed by atoms with Gasteiger partial charge in [0, 0.05) is 12.4 Å². The molecule has 0 radical (unpaired) electrons. The lowest BCUT2D eigenvalue weighted by atomic mass is 10.0. The van der Waals surface area contributed by atoms with E-state index >= 15 is 0 Å². The Morgan fingerprint density at radius 3 is 3.00 bits per heavy atom. The van der Waals surface area contributed by atoms with Crippen LogP contribution in [0.4, 0.5) is 0 Å². The molecular weight excluding hydrogens is 244 g/mol. The summed E-state index contributed by atoms with van der Waals surface area (Å²) in [6, 6.07) is 4.11. The molecule has 1 unspecified atom stereocenters. The van der Waals surface area contributed by atoms with Crippen LogP contribution in [0.2, 0.25) is 0 Å². The third-order valence-electron chi connectivity index (χ3n) is 3.78. The van der Waals surface area contributed by atoms with E-state index in [1.54, 1.807) is 11.3 Å². The second kappa shape index (κ2) is 5.24. The molecule has 2 heterocycles. The van der Waals surface area contributed by atoms with Gasteiger partial charge in [0.1, 0.15) is 5.82 Å². The molecule has 1 fully saturated rings. The van der Waals surface area contributed by atoms with Gasteiger partial charge in [-0.1, -0.05) is 18.9 Å². The molecule has 4 heteroatoms. The lowest BCUT2D eigenvalue weighted by Crippen LogP contribution is -2.23. The van der Waals surface area contributed by atoms with Gasteiger partial charge in [0.2, 0.25) is 0 Å². The summed E-state index contributed by atoms with van der Waals surface area (Å²) in [5, 5.41) is 12.4. The highest BCUT2D eigenvalue weighted by Gasteiger charge is 2.24. The number of nitrogens with zero attached hydrogens (tertiary/aromatic N) is 2. The van der Waals surface area contributed by atoms with Crippen molar-refractivity contribution in [1.29, 1.82) is 0 Å². The molecule has 0 aromatic carbocycles. The molecule has 1 saturated carbocycles. The van der Waals surface area contributed by atoms with E-state index in [0.29, 0.717) is 12.5 Å². The fourth-order valence-corrected chi connectivity index (χ4v) is 3.52. The highest BCUT2D eigenvalue weighted by atomic mass is 32.1. The lowest BCUT2D eigenvalue weighted by Gasteiger charge is -2.19. The maximum absolute atomic E-state index is 10.3. The molecule has 0 spiro atoms. The van der Waals surface area contributed by atoms with Gasteiger partial charge in [-0.25, -0.2) is 4.98 Å². The SMILES string of the molecule is OC(Cn1ccnc1-c1cccs1)C1CCCC1. The number of imidazole rings is 1. The summed E-state index contributed by atoms with van der Waals surface area (Å²) in [5.74, 6) is 1.45. The van der Waals surface area contributed by atoms with Gasteiger partial charge in [0.25, 0.3) is 0 Å². The Kier molecular flexibility index (Phi) is 3.48. The van der Waals surface area contributed by atoms with E-state index in [-0.39, 0.29) is 6.10 Å². The molecule has 0 saturated heterocycles. The number of aromatic nitrogens is 2. The summed E-state index contributed by atoms with van der Waals surface area (Å²) in [6.45, 7) is 0.665. The van der Waals surface area contributed by atoms with Crippen molar-refractivity contribution >= 4 is 11.3 Å². The summed E-state index contributed by atoms with van der Waals surface area (Å²) in [6.07, 6.45) is 8.42. The zero-order valence-electron chi connectivity index (χ0n) is 10.3. The van der Waals surface area contributed by atoms with Crippen molar-refractivity contribution in [1.82, 2.24) is 9.55 Å². The smallest absolute Gasteiger partial charge is 0.150 e. The topological polar surface area (TPSA) is 38.0 Å². The van der Waals surface area contributed by atoms with Crippen molar-refractivity contribution in [2.24, 2.45) is 5.92 Å². The average Bonchev–Trinajstić information content (AvgIpc) is 3.11. The van der Waals surface area contributed by atoms with Gasteiger partial charge >= 0.3 is 0 Å². The number of hydrogen-bond donors (Lipinski definition) is 1. The highest BCUT2D eigenvalue weighted by Crippen LogP contribution is 2.29. The quantitative estimate of drug-likeness (QED) is 0.919. The van der Waals surface area contributed by atoms with Gasteiger partial charge in [-0.05, 0) is 30.2 Å². The van der Waals surface area contributed by atoms with E-state index < -0.39 is 0 Å². The number of hydrogen-bond acceptors (Lipinski definition) is 3. The Morgan fingerprint density at radius 1 is 1.44 bits per heavy atom. The van der Waals surface area contributed by atoms with Crippen LogP contribution in [0.5, 0.6) is 0 Å². The van der Waals surface area contributed by atoms with Gasteiger partial charge in [-0.2, -0.15) is 0 Å². The third-order valence-corrected chi connectivity index (χ3v) is 4.65. The second-order valence-corrected chi connectivity index (χ2v) is 5.94. The number of rotatable bonds is 4. The molecule has 1 aliphatic carbocycles. The Hall–Kier alpha value is -1.13. The van der Waals surface area contributed by atoms with Gasteiger partial charge < -0.3 is 9.67 Å². The van der Waals surface area contributed by atoms with Crippen LogP contribution < -0.4 is 0 Å². The zero-order chi connectivity index (χ0) is 12.4. The minimum Gasteiger partial charge on any atom is -0.391 e. The summed E-state index contributed by atoms with van der Waals surface area (Å²) in [4.78, 5) is 5.57. The summed E-state index contributed by atoms with van der Waals surface area (Å²) >= 11 is 1.69. The van der Waals surface area contributed by atoms with E-state index in [2.05, 4.69) is 21.0 Å². The van der Waals surface area contributed by atoms with Crippen LogP contribution in [0, 0.1) is 5.92 Å². The molecule has 3 rings (SSSR count). The first-order valence-corrected chi connectivity index (χ1v) is 7.45. The van der Waals surface area contributed by atoms with Crippen LogP contribution in [-0.4, -0.2) is 20.8 Å². The number of thiophene rings is 1. The molecule has 0 aliphatic heterocycles. The van der Waals surface area contributed by atoms with E-state index in [4.69, 9.17) is 0 Å². The first-order chi connectivity index (χ1) is 8.84. The van der Waals surface area contributed by atoms with E-state index in [1.807, 2.05) is 18.5 Å². The van der Waals surface area contributed by atoms with Crippen molar-refractivity contribution in [2.75, 3.05) is 0 Å². The normalized spacial score (nSPS) is 18.3. The molecule has 1 aliphatic rings. The van der Waals surface area contributed by atoms with Crippen LogP contribution in [0.3, 0.4) is 0 Å². The molecule has 0 bridgehead atoms. The van der Waals surface area contributed by atoms with E-state index in [9.17, 15) is 5.11 Å². The second-order valence-electron chi connectivity index (χ2n) is 4.99. The zero-order valence-corrected chi connectivity index (χ0v) is 11.1.